The lowest BCUT2D eigenvalue weighted by atomic mass is 9.76. The Hall–Kier alpha value is -2.57. The van der Waals surface area contributed by atoms with Crippen LogP contribution in [0.15, 0.2) is 24.3 Å². The van der Waals surface area contributed by atoms with Crippen LogP contribution < -0.4 is 10.1 Å². The van der Waals surface area contributed by atoms with Crippen molar-refractivity contribution in [3.63, 3.8) is 0 Å². The van der Waals surface area contributed by atoms with Crippen molar-refractivity contribution in [2.24, 2.45) is 17.3 Å². The lowest BCUT2D eigenvalue weighted by Crippen LogP contribution is -2.41. The number of likely N-dealkylation sites (tertiary alicyclic amines) is 1. The zero-order valence-electron chi connectivity index (χ0n) is 15.7. The minimum absolute atomic E-state index is 0.0130. The van der Waals surface area contributed by atoms with Crippen LogP contribution in [-0.2, 0) is 14.4 Å². The number of carbonyl (C=O) groups is 3. The Morgan fingerprint density at radius 1 is 1.33 bits per heavy atom. The topological polar surface area (TPSA) is 95.9 Å². The van der Waals surface area contributed by atoms with E-state index in [9.17, 15) is 19.5 Å². The maximum absolute atomic E-state index is 12.5. The smallest absolute Gasteiger partial charge is 0.311 e. The number of nitrogens with zero attached hydrogens (tertiary/aromatic N) is 1. The largest absolute Gasteiger partial charge is 0.484 e. The number of carboxylic acids is 1. The van der Waals surface area contributed by atoms with Crippen LogP contribution in [0.1, 0.15) is 33.1 Å². The van der Waals surface area contributed by atoms with Gasteiger partial charge in [0.05, 0.1) is 5.41 Å². The first-order valence-corrected chi connectivity index (χ1v) is 9.37. The molecule has 146 valence electrons. The Balaban J connectivity index is 1.55. The van der Waals surface area contributed by atoms with E-state index in [1.54, 1.807) is 29.2 Å². The van der Waals surface area contributed by atoms with Gasteiger partial charge >= 0.3 is 5.97 Å². The van der Waals surface area contributed by atoms with E-state index in [0.717, 1.165) is 12.8 Å². The van der Waals surface area contributed by atoms with Gasteiger partial charge < -0.3 is 20.1 Å². The first kappa shape index (κ1) is 19.2. The van der Waals surface area contributed by atoms with Crippen LogP contribution >= 0.6 is 0 Å². The van der Waals surface area contributed by atoms with E-state index >= 15 is 0 Å². The standard InChI is InChI=1S/C20H26N2O5/c1-13(2)20(19(25)26)8-9-22(12-20)17(23)11-27-16-5-3-4-15(10-16)21-18(24)14-6-7-14/h3-5,10,13-14H,6-9,11-12H2,1-2H3,(H,21,24)(H,25,26). The van der Waals surface area contributed by atoms with Crippen molar-refractivity contribution in [2.45, 2.75) is 33.1 Å². The van der Waals surface area contributed by atoms with Gasteiger partial charge in [-0.05, 0) is 37.3 Å². The van der Waals surface area contributed by atoms with Crippen molar-refractivity contribution in [2.75, 3.05) is 25.0 Å². The molecule has 1 saturated heterocycles. The van der Waals surface area contributed by atoms with Gasteiger partial charge in [0.25, 0.3) is 5.91 Å². The van der Waals surface area contributed by atoms with Crippen molar-refractivity contribution >= 4 is 23.5 Å². The number of amides is 2. The number of rotatable bonds is 7. The van der Waals surface area contributed by atoms with Gasteiger partial charge in [0, 0.05) is 30.8 Å². The van der Waals surface area contributed by atoms with Gasteiger partial charge in [0.15, 0.2) is 6.61 Å². The number of ether oxygens (including phenoxy) is 1. The third kappa shape index (κ3) is 4.23. The molecule has 0 aromatic heterocycles. The zero-order chi connectivity index (χ0) is 19.6. The molecule has 27 heavy (non-hydrogen) atoms. The summed E-state index contributed by atoms with van der Waals surface area (Å²) in [6.45, 7) is 4.22. The van der Waals surface area contributed by atoms with E-state index in [1.165, 1.54) is 0 Å². The molecule has 1 heterocycles. The maximum Gasteiger partial charge on any atom is 0.311 e. The normalized spacial score (nSPS) is 22.0. The molecule has 1 saturated carbocycles. The molecule has 0 spiro atoms. The van der Waals surface area contributed by atoms with Crippen molar-refractivity contribution in [1.29, 1.82) is 0 Å². The van der Waals surface area contributed by atoms with Crippen LogP contribution in [0.4, 0.5) is 5.69 Å². The van der Waals surface area contributed by atoms with E-state index in [4.69, 9.17) is 4.74 Å². The van der Waals surface area contributed by atoms with Gasteiger partial charge in [-0.3, -0.25) is 14.4 Å². The Morgan fingerprint density at radius 3 is 2.67 bits per heavy atom. The molecule has 1 aromatic rings. The summed E-state index contributed by atoms with van der Waals surface area (Å²) in [4.78, 5) is 37.5. The molecule has 2 N–H and O–H groups in total. The minimum atomic E-state index is -0.886. The first-order valence-electron chi connectivity index (χ1n) is 9.37. The number of carbonyl (C=O) groups excluding carboxylic acids is 2. The molecule has 2 amide bonds. The predicted octanol–water partition coefficient (Wildman–Crippen LogP) is 2.37. The molecule has 0 radical (unpaired) electrons. The molecule has 7 nitrogen and oxygen atoms in total. The molecule has 1 aliphatic heterocycles. The molecule has 1 aromatic carbocycles. The fourth-order valence-electron chi connectivity index (χ4n) is 3.43. The van der Waals surface area contributed by atoms with Crippen LogP contribution in [0.25, 0.3) is 0 Å². The summed E-state index contributed by atoms with van der Waals surface area (Å²) in [5.41, 5.74) is -0.245. The molecule has 2 fully saturated rings. The van der Waals surface area contributed by atoms with Gasteiger partial charge in [0.1, 0.15) is 5.75 Å². The van der Waals surface area contributed by atoms with Gasteiger partial charge in [-0.25, -0.2) is 0 Å². The highest BCUT2D eigenvalue weighted by molar-refractivity contribution is 5.94. The van der Waals surface area contributed by atoms with Crippen molar-refractivity contribution in [1.82, 2.24) is 4.90 Å². The molecular weight excluding hydrogens is 348 g/mol. The molecule has 0 bridgehead atoms. The SMILES string of the molecule is CC(C)C1(C(=O)O)CCN(C(=O)COc2cccc(NC(=O)C3CC3)c2)C1. The highest BCUT2D eigenvalue weighted by Gasteiger charge is 2.48. The highest BCUT2D eigenvalue weighted by Crippen LogP contribution is 2.38. The summed E-state index contributed by atoms with van der Waals surface area (Å²) in [6, 6.07) is 6.94. The van der Waals surface area contributed by atoms with Gasteiger partial charge in [-0.2, -0.15) is 0 Å². The van der Waals surface area contributed by atoms with Crippen LogP contribution in [0.3, 0.4) is 0 Å². The molecule has 1 atom stereocenters. The average Bonchev–Trinajstić information content (AvgIpc) is 3.37. The highest BCUT2D eigenvalue weighted by atomic mass is 16.5. The second-order valence-corrected chi connectivity index (χ2v) is 7.76. The lowest BCUT2D eigenvalue weighted by molar-refractivity contribution is -0.151. The van der Waals surface area contributed by atoms with Crippen molar-refractivity contribution in [3.05, 3.63) is 24.3 Å². The summed E-state index contributed by atoms with van der Waals surface area (Å²) < 4.78 is 5.58. The second-order valence-electron chi connectivity index (χ2n) is 7.76. The molecule has 7 heteroatoms. The molecule has 1 aliphatic carbocycles. The number of benzene rings is 1. The summed E-state index contributed by atoms with van der Waals surface area (Å²) in [5, 5.41) is 12.4. The Labute approximate surface area is 158 Å². The van der Waals surface area contributed by atoms with Crippen LogP contribution in [0, 0.1) is 17.3 Å². The third-order valence-corrected chi connectivity index (χ3v) is 5.60. The molecule has 2 aliphatic rings. The Kier molecular flexibility index (Phi) is 5.39. The molecule has 3 rings (SSSR count). The minimum Gasteiger partial charge on any atom is -0.484 e. The van der Waals surface area contributed by atoms with E-state index in [-0.39, 0.29) is 36.8 Å². The van der Waals surface area contributed by atoms with Crippen LogP contribution in [-0.4, -0.2) is 47.5 Å². The number of carboxylic acid groups (broad SMARTS) is 1. The summed E-state index contributed by atoms with van der Waals surface area (Å²) in [6.07, 6.45) is 2.32. The quantitative estimate of drug-likeness (QED) is 0.764. The van der Waals surface area contributed by atoms with E-state index in [2.05, 4.69) is 5.32 Å². The maximum atomic E-state index is 12.5. The molecular formula is C20H26N2O5. The van der Waals surface area contributed by atoms with Gasteiger partial charge in [-0.15, -0.1) is 0 Å². The second kappa shape index (κ2) is 7.58. The molecule has 1 unspecified atom stereocenters. The van der Waals surface area contributed by atoms with E-state index in [1.807, 2.05) is 13.8 Å². The number of hydrogen-bond donors (Lipinski definition) is 2. The summed E-state index contributed by atoms with van der Waals surface area (Å²) >= 11 is 0. The third-order valence-electron chi connectivity index (χ3n) is 5.60. The average molecular weight is 374 g/mol. The van der Waals surface area contributed by atoms with E-state index < -0.39 is 11.4 Å². The fourth-order valence-corrected chi connectivity index (χ4v) is 3.43. The van der Waals surface area contributed by atoms with Crippen LogP contribution in [0.5, 0.6) is 5.75 Å². The number of nitrogens with one attached hydrogen (secondary N) is 1. The Bertz CT molecular complexity index is 744. The van der Waals surface area contributed by atoms with Crippen LogP contribution in [0.2, 0.25) is 0 Å². The zero-order valence-corrected chi connectivity index (χ0v) is 15.7. The predicted molar refractivity (Wildman–Crippen MR) is 99.4 cm³/mol. The summed E-state index contributed by atoms with van der Waals surface area (Å²) in [7, 11) is 0. The first-order chi connectivity index (χ1) is 12.8. The number of anilines is 1. The van der Waals surface area contributed by atoms with Crippen molar-refractivity contribution < 1.29 is 24.2 Å². The Morgan fingerprint density at radius 2 is 2.07 bits per heavy atom. The summed E-state index contributed by atoms with van der Waals surface area (Å²) in [5.74, 6) is -0.523. The number of hydrogen-bond acceptors (Lipinski definition) is 4. The number of aliphatic carboxylic acids is 1. The fraction of sp³-hybridized carbons (Fsp3) is 0.550. The van der Waals surface area contributed by atoms with E-state index in [0.29, 0.717) is 24.4 Å². The van der Waals surface area contributed by atoms with Crippen molar-refractivity contribution in [3.8, 4) is 5.75 Å². The monoisotopic (exact) mass is 374 g/mol. The van der Waals surface area contributed by atoms with Gasteiger partial charge in [-0.1, -0.05) is 19.9 Å². The van der Waals surface area contributed by atoms with Gasteiger partial charge in [0.2, 0.25) is 5.91 Å². The lowest BCUT2D eigenvalue weighted by Gasteiger charge is -2.28.